The minimum Gasteiger partial charge on any atom is -0.355 e. The fourth-order valence-electron chi connectivity index (χ4n) is 1.31. The lowest BCUT2D eigenvalue weighted by atomic mass is 10.1. The molecular formula is C8H16N2O. The molecule has 3 heteroatoms. The van der Waals surface area contributed by atoms with Crippen LogP contribution in [-0.2, 0) is 4.79 Å². The van der Waals surface area contributed by atoms with E-state index in [1.165, 1.54) is 0 Å². The van der Waals surface area contributed by atoms with E-state index in [4.69, 9.17) is 0 Å². The first-order valence-corrected chi connectivity index (χ1v) is 4.35. The monoisotopic (exact) mass is 156 g/mol. The van der Waals surface area contributed by atoms with Crippen LogP contribution in [0.2, 0.25) is 0 Å². The second-order valence-corrected chi connectivity index (χ2v) is 2.94. The number of amides is 1. The third-order valence-corrected chi connectivity index (χ3v) is 1.94. The molecule has 1 saturated heterocycles. The van der Waals surface area contributed by atoms with Gasteiger partial charge in [-0.1, -0.05) is 13.3 Å². The smallest absolute Gasteiger partial charge is 0.237 e. The zero-order valence-electron chi connectivity index (χ0n) is 7.02. The Labute approximate surface area is 67.5 Å². The molecule has 1 aliphatic heterocycles. The summed E-state index contributed by atoms with van der Waals surface area (Å²) in [5, 5.41) is 6.10. The van der Waals surface area contributed by atoms with Gasteiger partial charge in [0.25, 0.3) is 0 Å². The van der Waals surface area contributed by atoms with Gasteiger partial charge in [-0.3, -0.25) is 4.79 Å². The van der Waals surface area contributed by atoms with E-state index in [0.29, 0.717) is 0 Å². The van der Waals surface area contributed by atoms with Gasteiger partial charge >= 0.3 is 0 Å². The lowest BCUT2D eigenvalue weighted by Gasteiger charge is -2.12. The predicted molar refractivity (Wildman–Crippen MR) is 44.3 cm³/mol. The minimum absolute atomic E-state index is 0.0579. The maximum Gasteiger partial charge on any atom is 0.237 e. The number of carbonyl (C=O) groups excluding carboxylic acids is 1. The lowest BCUT2D eigenvalue weighted by molar-refractivity contribution is -0.122. The lowest BCUT2D eigenvalue weighted by Crippen LogP contribution is -2.40. The molecule has 64 valence electrons. The van der Waals surface area contributed by atoms with Crippen molar-refractivity contribution >= 4 is 5.91 Å². The molecule has 3 nitrogen and oxygen atoms in total. The van der Waals surface area contributed by atoms with Crippen LogP contribution in [0.25, 0.3) is 0 Å². The molecule has 1 atom stereocenters. The third-order valence-electron chi connectivity index (χ3n) is 1.94. The molecule has 0 aromatic rings. The molecule has 1 heterocycles. The summed E-state index contributed by atoms with van der Waals surface area (Å²) in [7, 11) is 0. The molecule has 0 saturated carbocycles. The van der Waals surface area contributed by atoms with Gasteiger partial charge in [-0.2, -0.15) is 0 Å². The summed E-state index contributed by atoms with van der Waals surface area (Å²) < 4.78 is 0. The van der Waals surface area contributed by atoms with Crippen LogP contribution in [0, 0.1) is 0 Å². The Hall–Kier alpha value is -0.570. The van der Waals surface area contributed by atoms with E-state index in [-0.39, 0.29) is 11.9 Å². The van der Waals surface area contributed by atoms with E-state index in [1.54, 1.807) is 0 Å². The van der Waals surface area contributed by atoms with E-state index in [1.807, 2.05) is 0 Å². The second-order valence-electron chi connectivity index (χ2n) is 2.94. The van der Waals surface area contributed by atoms with Gasteiger partial charge in [0, 0.05) is 6.54 Å². The van der Waals surface area contributed by atoms with E-state index in [2.05, 4.69) is 17.6 Å². The Morgan fingerprint density at radius 1 is 1.55 bits per heavy atom. The van der Waals surface area contributed by atoms with Crippen molar-refractivity contribution in [3.05, 3.63) is 0 Å². The van der Waals surface area contributed by atoms with Crippen LogP contribution in [0.1, 0.15) is 26.2 Å². The Balaban J connectivity index is 2.39. The van der Waals surface area contributed by atoms with Crippen LogP contribution in [-0.4, -0.2) is 25.0 Å². The summed E-state index contributed by atoms with van der Waals surface area (Å²) in [6.07, 6.45) is 3.06. The summed E-state index contributed by atoms with van der Waals surface area (Å²) in [5.74, 6) is 0.171. The quantitative estimate of drug-likeness (QED) is 0.602. The predicted octanol–water partition coefficient (Wildman–Crippen LogP) is 0.265. The SMILES string of the molecule is CCCC1NCCCNC1=O. The van der Waals surface area contributed by atoms with Crippen molar-refractivity contribution in [2.24, 2.45) is 0 Å². The molecule has 0 spiro atoms. The molecule has 1 aliphatic rings. The summed E-state index contributed by atoms with van der Waals surface area (Å²) in [6.45, 7) is 3.88. The molecule has 1 unspecified atom stereocenters. The second kappa shape index (κ2) is 4.34. The molecule has 0 bridgehead atoms. The normalized spacial score (nSPS) is 25.9. The molecule has 0 aliphatic carbocycles. The van der Waals surface area contributed by atoms with Gasteiger partial charge in [0.1, 0.15) is 0 Å². The van der Waals surface area contributed by atoms with Crippen molar-refractivity contribution in [3.63, 3.8) is 0 Å². The first-order chi connectivity index (χ1) is 5.34. The molecule has 1 fully saturated rings. The Morgan fingerprint density at radius 2 is 2.36 bits per heavy atom. The highest BCUT2D eigenvalue weighted by molar-refractivity contribution is 5.81. The largest absolute Gasteiger partial charge is 0.355 e. The van der Waals surface area contributed by atoms with Crippen molar-refractivity contribution < 1.29 is 4.79 Å². The van der Waals surface area contributed by atoms with E-state index in [9.17, 15) is 4.79 Å². The van der Waals surface area contributed by atoms with Crippen LogP contribution >= 0.6 is 0 Å². The molecule has 1 rings (SSSR count). The molecule has 11 heavy (non-hydrogen) atoms. The number of hydrogen-bond donors (Lipinski definition) is 2. The van der Waals surface area contributed by atoms with E-state index in [0.717, 1.165) is 32.4 Å². The number of carbonyl (C=O) groups is 1. The molecular weight excluding hydrogens is 140 g/mol. The van der Waals surface area contributed by atoms with Crippen molar-refractivity contribution in [3.8, 4) is 0 Å². The van der Waals surface area contributed by atoms with Crippen LogP contribution in [0.4, 0.5) is 0 Å². The molecule has 0 radical (unpaired) electrons. The van der Waals surface area contributed by atoms with Gasteiger partial charge in [0.05, 0.1) is 6.04 Å². The van der Waals surface area contributed by atoms with Gasteiger partial charge in [-0.05, 0) is 19.4 Å². The van der Waals surface area contributed by atoms with E-state index >= 15 is 0 Å². The summed E-state index contributed by atoms with van der Waals surface area (Å²) in [4.78, 5) is 11.2. The van der Waals surface area contributed by atoms with Crippen molar-refractivity contribution in [2.75, 3.05) is 13.1 Å². The third kappa shape index (κ3) is 2.50. The highest BCUT2D eigenvalue weighted by atomic mass is 16.2. The first-order valence-electron chi connectivity index (χ1n) is 4.35. The molecule has 0 aromatic carbocycles. The van der Waals surface area contributed by atoms with E-state index < -0.39 is 0 Å². The number of rotatable bonds is 2. The Bertz CT molecular complexity index is 136. The number of hydrogen-bond acceptors (Lipinski definition) is 2. The topological polar surface area (TPSA) is 41.1 Å². The van der Waals surface area contributed by atoms with Gasteiger partial charge < -0.3 is 10.6 Å². The zero-order chi connectivity index (χ0) is 8.10. The van der Waals surface area contributed by atoms with Crippen molar-refractivity contribution in [1.29, 1.82) is 0 Å². The van der Waals surface area contributed by atoms with Crippen LogP contribution in [0.5, 0.6) is 0 Å². The highest BCUT2D eigenvalue weighted by Crippen LogP contribution is 1.99. The first kappa shape index (κ1) is 8.53. The van der Waals surface area contributed by atoms with Crippen LogP contribution in [0.15, 0.2) is 0 Å². The zero-order valence-corrected chi connectivity index (χ0v) is 7.02. The molecule has 1 amide bonds. The van der Waals surface area contributed by atoms with Gasteiger partial charge in [0.15, 0.2) is 0 Å². The Kier molecular flexibility index (Phi) is 3.36. The molecule has 2 N–H and O–H groups in total. The standard InChI is InChI=1S/C8H16N2O/c1-2-4-7-8(11)10-6-3-5-9-7/h7,9H,2-6H2,1H3,(H,10,11). The molecule has 0 aromatic heterocycles. The van der Waals surface area contributed by atoms with Crippen molar-refractivity contribution in [1.82, 2.24) is 10.6 Å². The average molecular weight is 156 g/mol. The van der Waals surface area contributed by atoms with Gasteiger partial charge in [0.2, 0.25) is 5.91 Å². The van der Waals surface area contributed by atoms with Crippen LogP contribution < -0.4 is 10.6 Å². The number of nitrogens with one attached hydrogen (secondary N) is 2. The average Bonchev–Trinajstić information content (AvgIpc) is 2.18. The van der Waals surface area contributed by atoms with Gasteiger partial charge in [-0.25, -0.2) is 0 Å². The van der Waals surface area contributed by atoms with Gasteiger partial charge in [-0.15, -0.1) is 0 Å². The minimum atomic E-state index is 0.0579. The highest BCUT2D eigenvalue weighted by Gasteiger charge is 2.17. The maximum atomic E-state index is 11.2. The summed E-state index contributed by atoms with van der Waals surface area (Å²) >= 11 is 0. The Morgan fingerprint density at radius 3 is 3.09 bits per heavy atom. The van der Waals surface area contributed by atoms with Crippen molar-refractivity contribution in [2.45, 2.75) is 32.2 Å². The summed E-state index contributed by atoms with van der Waals surface area (Å²) in [5.41, 5.74) is 0. The fraction of sp³-hybridized carbons (Fsp3) is 0.875. The summed E-state index contributed by atoms with van der Waals surface area (Å²) in [6, 6.07) is 0.0579. The maximum absolute atomic E-state index is 11.2. The van der Waals surface area contributed by atoms with Crippen LogP contribution in [0.3, 0.4) is 0 Å². The fourth-order valence-corrected chi connectivity index (χ4v) is 1.31.